The number of benzene rings is 3. The van der Waals surface area contributed by atoms with Gasteiger partial charge in [0.05, 0.1) is 6.42 Å². The van der Waals surface area contributed by atoms with E-state index in [1.165, 1.54) is 0 Å². The SMILES string of the molecule is C#CN(C(=O)C(CC(N)=O)NC(=O)OC(C)(C)C)C(C(=O)Nc1ccc2ccccc2c1)c1cccc(C)c1. The Morgan fingerprint density at radius 1 is 1.00 bits per heavy atom. The van der Waals surface area contributed by atoms with E-state index in [1.54, 1.807) is 45.0 Å². The van der Waals surface area contributed by atoms with Crippen molar-refractivity contribution in [1.82, 2.24) is 10.2 Å². The van der Waals surface area contributed by atoms with E-state index in [1.807, 2.05) is 49.4 Å². The number of nitrogens with one attached hydrogen (secondary N) is 2. The normalized spacial score (nSPS) is 12.5. The average Bonchev–Trinajstić information content (AvgIpc) is 2.84. The highest BCUT2D eigenvalue weighted by Gasteiger charge is 2.36. The number of nitrogens with zero attached hydrogens (tertiary/aromatic N) is 1. The third-order valence-electron chi connectivity index (χ3n) is 5.65. The number of carbonyl (C=O) groups is 4. The number of hydrogen-bond donors (Lipinski definition) is 3. The molecule has 2 unspecified atom stereocenters. The van der Waals surface area contributed by atoms with Crippen molar-refractivity contribution in [2.24, 2.45) is 5.73 Å². The van der Waals surface area contributed by atoms with Gasteiger partial charge in [0.15, 0.2) is 0 Å². The van der Waals surface area contributed by atoms with Crippen molar-refractivity contribution < 1.29 is 23.9 Å². The van der Waals surface area contributed by atoms with E-state index in [4.69, 9.17) is 16.9 Å². The Morgan fingerprint density at radius 2 is 1.69 bits per heavy atom. The number of amides is 4. The van der Waals surface area contributed by atoms with Crippen LogP contribution in [-0.4, -0.2) is 40.4 Å². The van der Waals surface area contributed by atoms with Gasteiger partial charge in [-0.2, -0.15) is 0 Å². The van der Waals surface area contributed by atoms with E-state index in [0.29, 0.717) is 11.3 Å². The molecule has 39 heavy (non-hydrogen) atoms. The molecule has 0 aromatic heterocycles. The molecule has 0 aliphatic carbocycles. The smallest absolute Gasteiger partial charge is 0.408 e. The molecule has 3 aromatic rings. The standard InChI is InChI=1S/C30H32N4O5/c1-6-34(28(37)24(18-25(31)35)33-29(38)39-30(3,4)5)26(22-13-9-10-19(2)16-22)27(36)32-23-15-14-20-11-7-8-12-21(20)17-23/h1,7-17,24,26H,18H2,2-5H3,(H2,31,35)(H,32,36)(H,33,38). The van der Waals surface area contributed by atoms with Crippen LogP contribution in [0.1, 0.15) is 44.4 Å². The minimum absolute atomic E-state index is 0.440. The highest BCUT2D eigenvalue weighted by molar-refractivity contribution is 6.01. The van der Waals surface area contributed by atoms with Crippen LogP contribution in [0, 0.1) is 19.4 Å². The van der Waals surface area contributed by atoms with Gasteiger partial charge in [-0.15, -0.1) is 0 Å². The lowest BCUT2D eigenvalue weighted by Crippen LogP contribution is -2.52. The van der Waals surface area contributed by atoms with Crippen molar-refractivity contribution in [2.45, 2.75) is 51.8 Å². The lowest BCUT2D eigenvalue weighted by molar-refractivity contribution is -0.138. The summed E-state index contributed by atoms with van der Waals surface area (Å²) in [5, 5.41) is 7.11. The lowest BCUT2D eigenvalue weighted by atomic mass is 10.0. The van der Waals surface area contributed by atoms with Crippen molar-refractivity contribution in [3.8, 4) is 12.5 Å². The summed E-state index contributed by atoms with van der Waals surface area (Å²) in [6, 6.07) is 19.6. The highest BCUT2D eigenvalue weighted by Crippen LogP contribution is 2.26. The number of fused-ring (bicyclic) bond motifs is 1. The van der Waals surface area contributed by atoms with Crippen LogP contribution in [0.4, 0.5) is 10.5 Å². The monoisotopic (exact) mass is 528 g/mol. The summed E-state index contributed by atoms with van der Waals surface area (Å²) in [7, 11) is 0. The van der Waals surface area contributed by atoms with Gasteiger partial charge in [0.25, 0.3) is 11.8 Å². The summed E-state index contributed by atoms with van der Waals surface area (Å²) >= 11 is 0. The summed E-state index contributed by atoms with van der Waals surface area (Å²) < 4.78 is 5.23. The van der Waals surface area contributed by atoms with Crippen LogP contribution >= 0.6 is 0 Å². The maximum atomic E-state index is 13.7. The minimum Gasteiger partial charge on any atom is -0.444 e. The molecule has 3 rings (SSSR count). The van der Waals surface area contributed by atoms with Crippen molar-refractivity contribution in [3.63, 3.8) is 0 Å². The lowest BCUT2D eigenvalue weighted by Gasteiger charge is -2.30. The number of primary amides is 1. The third-order valence-corrected chi connectivity index (χ3v) is 5.65. The molecule has 0 heterocycles. The molecule has 0 saturated heterocycles. The molecule has 0 bridgehead atoms. The van der Waals surface area contributed by atoms with Gasteiger partial charge in [-0.3, -0.25) is 19.3 Å². The average molecular weight is 529 g/mol. The number of ether oxygens (including phenoxy) is 1. The summed E-state index contributed by atoms with van der Waals surface area (Å²) in [6.07, 6.45) is 4.28. The van der Waals surface area contributed by atoms with Crippen LogP contribution < -0.4 is 16.4 Å². The van der Waals surface area contributed by atoms with Crippen LogP contribution in [0.25, 0.3) is 10.8 Å². The molecule has 9 nitrogen and oxygen atoms in total. The molecule has 3 aromatic carbocycles. The predicted octanol–water partition coefficient (Wildman–Crippen LogP) is 4.02. The van der Waals surface area contributed by atoms with E-state index in [2.05, 4.69) is 16.7 Å². The van der Waals surface area contributed by atoms with Crippen molar-refractivity contribution in [1.29, 1.82) is 0 Å². The molecule has 0 saturated carbocycles. The number of hydrogen-bond acceptors (Lipinski definition) is 5. The van der Waals surface area contributed by atoms with Gasteiger partial charge in [0, 0.05) is 11.7 Å². The molecular weight excluding hydrogens is 496 g/mol. The first-order valence-corrected chi connectivity index (χ1v) is 12.3. The Morgan fingerprint density at radius 3 is 2.31 bits per heavy atom. The molecule has 0 radical (unpaired) electrons. The Balaban J connectivity index is 1.98. The van der Waals surface area contributed by atoms with E-state index in [-0.39, 0.29) is 0 Å². The quantitative estimate of drug-likeness (QED) is 0.300. The zero-order valence-electron chi connectivity index (χ0n) is 22.4. The van der Waals surface area contributed by atoms with Crippen LogP contribution in [0.5, 0.6) is 0 Å². The van der Waals surface area contributed by atoms with Gasteiger partial charge >= 0.3 is 6.09 Å². The molecule has 0 fully saturated rings. The Kier molecular flexibility index (Phi) is 8.94. The van der Waals surface area contributed by atoms with Gasteiger partial charge < -0.3 is 21.1 Å². The third kappa shape index (κ3) is 7.82. The van der Waals surface area contributed by atoms with Gasteiger partial charge in [0.2, 0.25) is 5.91 Å². The molecule has 0 spiro atoms. The zero-order valence-corrected chi connectivity index (χ0v) is 22.4. The number of alkyl carbamates (subject to hydrolysis) is 1. The predicted molar refractivity (Wildman–Crippen MR) is 149 cm³/mol. The largest absolute Gasteiger partial charge is 0.444 e. The molecular formula is C30H32N4O5. The van der Waals surface area contributed by atoms with Gasteiger partial charge in [0.1, 0.15) is 17.7 Å². The fourth-order valence-electron chi connectivity index (χ4n) is 4.02. The van der Waals surface area contributed by atoms with Crippen LogP contribution in [0.2, 0.25) is 0 Å². The first-order valence-electron chi connectivity index (χ1n) is 12.3. The molecule has 9 heteroatoms. The summed E-state index contributed by atoms with van der Waals surface area (Å²) in [4.78, 5) is 52.5. The molecule has 0 aliphatic heterocycles. The number of aryl methyl sites for hydroxylation is 1. The summed E-state index contributed by atoms with van der Waals surface area (Å²) in [6.45, 7) is 6.78. The number of carbonyl (C=O) groups excluding carboxylic acids is 4. The second-order valence-corrected chi connectivity index (χ2v) is 10.1. The van der Waals surface area contributed by atoms with E-state index in [9.17, 15) is 19.2 Å². The molecule has 202 valence electrons. The van der Waals surface area contributed by atoms with Gasteiger partial charge in [-0.1, -0.05) is 66.6 Å². The highest BCUT2D eigenvalue weighted by atomic mass is 16.6. The Hall–Kier alpha value is -4.84. The van der Waals surface area contributed by atoms with Crippen molar-refractivity contribution >= 4 is 40.3 Å². The Bertz CT molecular complexity index is 1440. The van der Waals surface area contributed by atoms with E-state index in [0.717, 1.165) is 21.2 Å². The fraction of sp³-hybridized carbons (Fsp3) is 0.267. The van der Waals surface area contributed by atoms with Gasteiger partial charge in [-0.05, 0) is 56.2 Å². The first-order chi connectivity index (χ1) is 18.4. The second-order valence-electron chi connectivity index (χ2n) is 10.1. The molecule has 4 N–H and O–H groups in total. The number of anilines is 1. The fourth-order valence-corrected chi connectivity index (χ4v) is 4.02. The summed E-state index contributed by atoms with van der Waals surface area (Å²) in [5.41, 5.74) is 6.27. The van der Waals surface area contributed by atoms with Gasteiger partial charge in [-0.25, -0.2) is 4.79 Å². The maximum Gasteiger partial charge on any atom is 0.408 e. The maximum absolute atomic E-state index is 13.7. The topological polar surface area (TPSA) is 131 Å². The van der Waals surface area contributed by atoms with Crippen LogP contribution in [0.3, 0.4) is 0 Å². The number of rotatable bonds is 8. The van der Waals surface area contributed by atoms with Crippen molar-refractivity contribution in [2.75, 3.05) is 5.32 Å². The second kappa shape index (κ2) is 12.1. The van der Waals surface area contributed by atoms with Crippen molar-refractivity contribution in [3.05, 3.63) is 77.9 Å². The van der Waals surface area contributed by atoms with E-state index < -0.39 is 47.9 Å². The summed E-state index contributed by atoms with van der Waals surface area (Å²) in [5.74, 6) is -2.31. The number of terminal acetylenes is 1. The molecule has 4 amide bonds. The number of nitrogens with two attached hydrogens (primary N) is 1. The Labute approximate surface area is 227 Å². The first kappa shape index (κ1) is 28.7. The molecule has 0 aliphatic rings. The minimum atomic E-state index is -1.46. The van der Waals surface area contributed by atoms with E-state index >= 15 is 0 Å². The van der Waals surface area contributed by atoms with Crippen LogP contribution in [-0.2, 0) is 19.1 Å². The van der Waals surface area contributed by atoms with Crippen LogP contribution in [0.15, 0.2) is 66.7 Å². The zero-order chi connectivity index (χ0) is 28.7. The molecule has 2 atom stereocenters.